The third kappa shape index (κ3) is 7.21. The van der Waals surface area contributed by atoms with E-state index in [0.717, 1.165) is 55.9 Å². The number of hydrogen-bond donors (Lipinski definition) is 2. The molecule has 20 heavy (non-hydrogen) atoms. The Morgan fingerprint density at radius 3 is 2.70 bits per heavy atom. The van der Waals surface area contributed by atoms with Gasteiger partial charge in [0.15, 0.2) is 5.11 Å². The van der Waals surface area contributed by atoms with Gasteiger partial charge in [-0.25, -0.2) is 0 Å². The van der Waals surface area contributed by atoms with E-state index in [-0.39, 0.29) is 0 Å². The first-order valence-corrected chi connectivity index (χ1v) is 8.12. The molecular formula is C13H23BrN4OS. The second-order valence-corrected chi connectivity index (χ2v) is 5.67. The summed E-state index contributed by atoms with van der Waals surface area (Å²) in [6.07, 6.45) is 3.95. The van der Waals surface area contributed by atoms with Gasteiger partial charge in [-0.1, -0.05) is 0 Å². The molecule has 0 amide bonds. The lowest BCUT2D eigenvalue weighted by atomic mass is 10.4. The predicted molar refractivity (Wildman–Crippen MR) is 89.0 cm³/mol. The summed E-state index contributed by atoms with van der Waals surface area (Å²) in [6.45, 7) is 8.10. The van der Waals surface area contributed by atoms with Gasteiger partial charge in [0.25, 0.3) is 0 Å². The molecular weight excluding hydrogens is 340 g/mol. The van der Waals surface area contributed by atoms with Crippen LogP contribution in [0.4, 0.5) is 0 Å². The number of halogens is 1. The second kappa shape index (κ2) is 10.1. The third-order valence-electron chi connectivity index (χ3n) is 2.69. The molecule has 1 aromatic heterocycles. The predicted octanol–water partition coefficient (Wildman–Crippen LogP) is 2.23. The van der Waals surface area contributed by atoms with Gasteiger partial charge in [-0.3, -0.25) is 4.68 Å². The molecule has 0 aromatic carbocycles. The van der Waals surface area contributed by atoms with Crippen LogP contribution in [0, 0.1) is 6.92 Å². The molecule has 5 nitrogen and oxygen atoms in total. The quantitative estimate of drug-likeness (QED) is 0.521. The lowest BCUT2D eigenvalue weighted by Crippen LogP contribution is -2.36. The summed E-state index contributed by atoms with van der Waals surface area (Å²) in [7, 11) is 0. The second-order valence-electron chi connectivity index (χ2n) is 4.41. The van der Waals surface area contributed by atoms with Crippen LogP contribution in [0.15, 0.2) is 10.7 Å². The van der Waals surface area contributed by atoms with E-state index in [2.05, 4.69) is 31.7 Å². The highest BCUT2D eigenvalue weighted by atomic mass is 79.9. The number of hydrogen-bond acceptors (Lipinski definition) is 3. The highest BCUT2D eigenvalue weighted by molar-refractivity contribution is 9.10. The molecule has 0 spiro atoms. The fraction of sp³-hybridized carbons (Fsp3) is 0.692. The molecule has 0 aliphatic heterocycles. The Morgan fingerprint density at radius 1 is 1.40 bits per heavy atom. The number of nitrogens with zero attached hydrogens (tertiary/aromatic N) is 2. The summed E-state index contributed by atoms with van der Waals surface area (Å²) in [5.41, 5.74) is 1.02. The van der Waals surface area contributed by atoms with Gasteiger partial charge in [-0.15, -0.1) is 0 Å². The number of nitrogens with one attached hydrogen (secondary N) is 2. The number of aryl methyl sites for hydroxylation is 2. The van der Waals surface area contributed by atoms with Crippen LogP contribution in [-0.4, -0.2) is 41.2 Å². The Labute approximate surface area is 134 Å². The lowest BCUT2D eigenvalue weighted by Gasteiger charge is -2.10. The number of aromatic nitrogens is 2. The summed E-state index contributed by atoms with van der Waals surface area (Å²) in [5, 5.41) is 11.4. The molecule has 1 heterocycles. The summed E-state index contributed by atoms with van der Waals surface area (Å²) in [6, 6.07) is 0. The van der Waals surface area contributed by atoms with Crippen molar-refractivity contribution in [2.75, 3.05) is 26.3 Å². The maximum absolute atomic E-state index is 5.26. The normalized spacial score (nSPS) is 10.6. The fourth-order valence-corrected chi connectivity index (χ4v) is 2.15. The molecule has 0 aliphatic rings. The molecule has 0 aliphatic carbocycles. The van der Waals surface area contributed by atoms with Crippen LogP contribution >= 0.6 is 28.1 Å². The highest BCUT2D eigenvalue weighted by Gasteiger charge is 2.01. The minimum Gasteiger partial charge on any atom is -0.382 e. The van der Waals surface area contributed by atoms with Crippen molar-refractivity contribution >= 4 is 33.3 Å². The van der Waals surface area contributed by atoms with Crippen LogP contribution in [-0.2, 0) is 11.3 Å². The maximum atomic E-state index is 5.26. The Morgan fingerprint density at radius 2 is 2.10 bits per heavy atom. The zero-order chi connectivity index (χ0) is 14.8. The average Bonchev–Trinajstić information content (AvgIpc) is 2.74. The first kappa shape index (κ1) is 17.4. The Bertz CT molecular complexity index is 392. The number of thiocarbonyl (C=S) groups is 1. The fourth-order valence-electron chi connectivity index (χ4n) is 1.63. The first-order chi connectivity index (χ1) is 9.63. The van der Waals surface area contributed by atoms with Crippen molar-refractivity contribution in [2.45, 2.75) is 33.2 Å². The van der Waals surface area contributed by atoms with Gasteiger partial charge in [-0.05, 0) is 54.8 Å². The van der Waals surface area contributed by atoms with Crippen LogP contribution in [0.3, 0.4) is 0 Å². The molecule has 0 unspecified atom stereocenters. The van der Waals surface area contributed by atoms with Crippen LogP contribution in [0.5, 0.6) is 0 Å². The average molecular weight is 363 g/mol. The molecule has 1 rings (SSSR count). The van der Waals surface area contributed by atoms with Gasteiger partial charge in [-0.2, -0.15) is 5.10 Å². The highest BCUT2D eigenvalue weighted by Crippen LogP contribution is 2.13. The molecule has 0 radical (unpaired) electrons. The van der Waals surface area contributed by atoms with E-state index in [9.17, 15) is 0 Å². The molecule has 0 saturated carbocycles. The third-order valence-corrected chi connectivity index (χ3v) is 3.76. The Balaban J connectivity index is 2.01. The van der Waals surface area contributed by atoms with Gasteiger partial charge in [0.1, 0.15) is 0 Å². The van der Waals surface area contributed by atoms with Crippen LogP contribution in [0.2, 0.25) is 0 Å². The lowest BCUT2D eigenvalue weighted by molar-refractivity contribution is 0.145. The monoisotopic (exact) mass is 362 g/mol. The van der Waals surface area contributed by atoms with E-state index in [0.29, 0.717) is 5.11 Å². The number of ether oxygens (including phenoxy) is 1. The molecule has 7 heteroatoms. The molecule has 1 aromatic rings. The van der Waals surface area contributed by atoms with E-state index in [4.69, 9.17) is 17.0 Å². The molecule has 0 atom stereocenters. The summed E-state index contributed by atoms with van der Waals surface area (Å²) >= 11 is 8.65. The van der Waals surface area contributed by atoms with Crippen molar-refractivity contribution in [3.05, 3.63) is 16.4 Å². The van der Waals surface area contributed by atoms with Crippen molar-refractivity contribution in [3.8, 4) is 0 Å². The van der Waals surface area contributed by atoms with E-state index in [1.54, 1.807) is 0 Å². The van der Waals surface area contributed by atoms with Crippen molar-refractivity contribution in [1.82, 2.24) is 20.4 Å². The van der Waals surface area contributed by atoms with Gasteiger partial charge in [0, 0.05) is 39.0 Å². The van der Waals surface area contributed by atoms with Gasteiger partial charge in [0.2, 0.25) is 0 Å². The number of rotatable bonds is 9. The topological polar surface area (TPSA) is 51.1 Å². The standard InChI is InChI=1S/C13H23BrN4OS/c1-3-19-9-5-7-16-13(20)15-6-4-8-18-10-12(14)11(2)17-18/h10H,3-9H2,1-2H3,(H2,15,16,20). The summed E-state index contributed by atoms with van der Waals surface area (Å²) < 4.78 is 8.25. The van der Waals surface area contributed by atoms with Crippen molar-refractivity contribution < 1.29 is 4.74 Å². The van der Waals surface area contributed by atoms with E-state index >= 15 is 0 Å². The van der Waals surface area contributed by atoms with Gasteiger partial charge < -0.3 is 15.4 Å². The zero-order valence-electron chi connectivity index (χ0n) is 12.1. The Hall–Kier alpha value is -0.660. The minimum atomic E-state index is 0.708. The molecule has 0 bridgehead atoms. The molecule has 0 saturated heterocycles. The van der Waals surface area contributed by atoms with Crippen molar-refractivity contribution in [1.29, 1.82) is 0 Å². The van der Waals surface area contributed by atoms with Gasteiger partial charge >= 0.3 is 0 Å². The van der Waals surface area contributed by atoms with Crippen LogP contribution in [0.1, 0.15) is 25.5 Å². The van der Waals surface area contributed by atoms with Crippen molar-refractivity contribution in [3.63, 3.8) is 0 Å². The maximum Gasteiger partial charge on any atom is 0.166 e. The summed E-state index contributed by atoms with van der Waals surface area (Å²) in [5.74, 6) is 0. The zero-order valence-corrected chi connectivity index (χ0v) is 14.5. The summed E-state index contributed by atoms with van der Waals surface area (Å²) in [4.78, 5) is 0. The van der Waals surface area contributed by atoms with E-state index < -0.39 is 0 Å². The largest absolute Gasteiger partial charge is 0.382 e. The van der Waals surface area contributed by atoms with E-state index in [1.165, 1.54) is 0 Å². The Kier molecular flexibility index (Phi) is 8.80. The van der Waals surface area contributed by atoms with Gasteiger partial charge in [0.05, 0.1) is 10.2 Å². The first-order valence-electron chi connectivity index (χ1n) is 6.92. The minimum absolute atomic E-state index is 0.708. The molecule has 0 fully saturated rings. The molecule has 114 valence electrons. The van der Waals surface area contributed by atoms with Crippen LogP contribution in [0.25, 0.3) is 0 Å². The van der Waals surface area contributed by atoms with Crippen LogP contribution < -0.4 is 10.6 Å². The smallest absolute Gasteiger partial charge is 0.166 e. The SMILES string of the molecule is CCOCCCNC(=S)NCCCn1cc(Br)c(C)n1. The molecule has 2 N–H and O–H groups in total. The van der Waals surface area contributed by atoms with E-state index in [1.807, 2.05) is 24.7 Å². The van der Waals surface area contributed by atoms with Crippen molar-refractivity contribution in [2.24, 2.45) is 0 Å².